The van der Waals surface area contributed by atoms with Gasteiger partial charge in [0.2, 0.25) is 0 Å². The van der Waals surface area contributed by atoms with Crippen molar-refractivity contribution in [1.82, 2.24) is 25.5 Å². The zero-order valence-electron chi connectivity index (χ0n) is 19.2. The number of halogens is 1. The topological polar surface area (TPSA) is 54.4 Å². The summed E-state index contributed by atoms with van der Waals surface area (Å²) >= 11 is 0. The minimum Gasteiger partial charge on any atom is -0.497 e. The van der Waals surface area contributed by atoms with Crippen LogP contribution in [0.2, 0.25) is 0 Å². The Kier molecular flexibility index (Phi) is 6.89. The van der Waals surface area contributed by atoms with E-state index in [2.05, 4.69) is 36.6 Å². The number of nitrogens with one attached hydrogen (secondary N) is 2. The van der Waals surface area contributed by atoms with Gasteiger partial charge >= 0.3 is 0 Å². The molecule has 0 saturated carbocycles. The van der Waals surface area contributed by atoms with Crippen molar-refractivity contribution in [1.29, 1.82) is 0 Å². The zero-order chi connectivity index (χ0) is 22.7. The number of hydrogen-bond acceptors (Lipinski definition) is 5. The number of methoxy groups -OCH3 is 1. The first kappa shape index (κ1) is 22.5. The molecule has 2 atom stereocenters. The van der Waals surface area contributed by atoms with E-state index in [1.54, 1.807) is 12.1 Å². The van der Waals surface area contributed by atoms with Gasteiger partial charge in [-0.2, -0.15) is 5.10 Å². The summed E-state index contributed by atoms with van der Waals surface area (Å²) < 4.78 is 21.9. The quantitative estimate of drug-likeness (QED) is 0.558. The molecule has 7 heteroatoms. The summed E-state index contributed by atoms with van der Waals surface area (Å²) in [6.45, 7) is 6.07. The molecule has 1 aromatic heterocycles. The van der Waals surface area contributed by atoms with E-state index in [0.29, 0.717) is 41.6 Å². The minimum atomic E-state index is -0.336. The van der Waals surface area contributed by atoms with Crippen LogP contribution in [0.5, 0.6) is 5.75 Å². The number of hydrogen-bond donors (Lipinski definition) is 2. The van der Waals surface area contributed by atoms with Crippen molar-refractivity contribution in [2.24, 2.45) is 5.92 Å². The predicted octanol–water partition coefficient (Wildman–Crippen LogP) is 4.01. The summed E-state index contributed by atoms with van der Waals surface area (Å²) in [4.78, 5) is 2.29. The van der Waals surface area contributed by atoms with Gasteiger partial charge in [-0.1, -0.05) is 18.2 Å². The van der Waals surface area contributed by atoms with Gasteiger partial charge in [0.1, 0.15) is 17.3 Å². The third kappa shape index (κ3) is 4.85. The Hall–Kier alpha value is -2.74. The van der Waals surface area contributed by atoms with E-state index >= 15 is 0 Å². The molecule has 0 radical (unpaired) electrons. The molecule has 0 aliphatic carbocycles. The van der Waals surface area contributed by atoms with Gasteiger partial charge in [-0.3, -0.25) is 10.9 Å². The van der Waals surface area contributed by atoms with E-state index in [9.17, 15) is 4.39 Å². The molecule has 2 unspecified atom stereocenters. The highest BCUT2D eigenvalue weighted by Gasteiger charge is 2.29. The Morgan fingerprint density at radius 3 is 2.47 bits per heavy atom. The van der Waals surface area contributed by atoms with E-state index in [1.807, 2.05) is 41.2 Å². The summed E-state index contributed by atoms with van der Waals surface area (Å²) in [6.07, 6.45) is 3.09. The standard InChI is InChI=1S/C25H32FN5O/c1-17-22(18(2)28-27-17)12-13-30(3)15-19-16-31(20-8-6-5-7-9-20)29-25(19)23-11-10-21(32-4)14-24(23)26/h5-11,14,16-18,22,27-28H,12-13,15H2,1-4H3. The fraction of sp³-hybridized carbons (Fsp3) is 0.400. The molecule has 2 aromatic carbocycles. The van der Waals surface area contributed by atoms with Crippen molar-refractivity contribution >= 4 is 0 Å². The Morgan fingerprint density at radius 2 is 1.81 bits per heavy atom. The second-order valence-electron chi connectivity index (χ2n) is 8.69. The Bertz CT molecular complexity index is 1030. The summed E-state index contributed by atoms with van der Waals surface area (Å²) in [5.41, 5.74) is 9.73. The van der Waals surface area contributed by atoms with Crippen molar-refractivity contribution in [3.05, 3.63) is 66.1 Å². The molecule has 6 nitrogen and oxygen atoms in total. The smallest absolute Gasteiger partial charge is 0.136 e. The van der Waals surface area contributed by atoms with Gasteiger partial charge < -0.3 is 9.64 Å². The highest BCUT2D eigenvalue weighted by molar-refractivity contribution is 5.65. The largest absolute Gasteiger partial charge is 0.497 e. The number of benzene rings is 2. The van der Waals surface area contributed by atoms with Crippen LogP contribution in [0.25, 0.3) is 16.9 Å². The van der Waals surface area contributed by atoms with E-state index in [1.165, 1.54) is 13.2 Å². The molecule has 1 saturated heterocycles. The molecule has 2 heterocycles. The van der Waals surface area contributed by atoms with Gasteiger partial charge in [0.25, 0.3) is 0 Å². The molecule has 0 spiro atoms. The summed E-state index contributed by atoms with van der Waals surface area (Å²) in [7, 11) is 3.65. The molecule has 32 heavy (non-hydrogen) atoms. The van der Waals surface area contributed by atoms with Crippen LogP contribution in [0, 0.1) is 11.7 Å². The van der Waals surface area contributed by atoms with Gasteiger partial charge in [0, 0.05) is 42.0 Å². The van der Waals surface area contributed by atoms with Crippen molar-refractivity contribution in [2.45, 2.75) is 38.9 Å². The fourth-order valence-corrected chi connectivity index (χ4v) is 4.43. The van der Waals surface area contributed by atoms with Crippen LogP contribution in [0.1, 0.15) is 25.8 Å². The van der Waals surface area contributed by atoms with Gasteiger partial charge in [-0.15, -0.1) is 0 Å². The lowest BCUT2D eigenvalue weighted by molar-refractivity contribution is 0.279. The monoisotopic (exact) mass is 437 g/mol. The first-order chi connectivity index (χ1) is 15.5. The molecule has 2 N–H and O–H groups in total. The first-order valence-electron chi connectivity index (χ1n) is 11.1. The fourth-order valence-electron chi connectivity index (χ4n) is 4.43. The van der Waals surface area contributed by atoms with Gasteiger partial charge in [0.15, 0.2) is 0 Å². The molecular weight excluding hydrogens is 405 g/mol. The third-order valence-electron chi connectivity index (χ3n) is 6.35. The molecule has 0 amide bonds. The highest BCUT2D eigenvalue weighted by atomic mass is 19.1. The first-order valence-corrected chi connectivity index (χ1v) is 11.1. The zero-order valence-corrected chi connectivity index (χ0v) is 19.2. The summed E-state index contributed by atoms with van der Waals surface area (Å²) in [6, 6.07) is 15.7. The maximum Gasteiger partial charge on any atom is 0.136 e. The average Bonchev–Trinajstić information content (AvgIpc) is 3.35. The van der Waals surface area contributed by atoms with Crippen LogP contribution in [0.15, 0.2) is 54.7 Å². The van der Waals surface area contributed by atoms with Gasteiger partial charge in [-0.05, 0) is 64.0 Å². The van der Waals surface area contributed by atoms with E-state index < -0.39 is 0 Å². The van der Waals surface area contributed by atoms with Gasteiger partial charge in [0.05, 0.1) is 12.8 Å². The lowest BCUT2D eigenvalue weighted by atomic mass is 9.93. The van der Waals surface area contributed by atoms with E-state index in [4.69, 9.17) is 9.84 Å². The lowest BCUT2D eigenvalue weighted by Crippen LogP contribution is -2.30. The van der Waals surface area contributed by atoms with Crippen LogP contribution in [-0.4, -0.2) is 47.5 Å². The molecule has 1 fully saturated rings. The number of rotatable bonds is 8. The maximum absolute atomic E-state index is 14.9. The lowest BCUT2D eigenvalue weighted by Gasteiger charge is -2.22. The van der Waals surface area contributed by atoms with Crippen LogP contribution < -0.4 is 15.6 Å². The molecule has 0 bridgehead atoms. The molecule has 3 aromatic rings. The van der Waals surface area contributed by atoms with Crippen LogP contribution >= 0.6 is 0 Å². The van der Waals surface area contributed by atoms with Crippen LogP contribution in [0.3, 0.4) is 0 Å². The number of nitrogens with zero attached hydrogens (tertiary/aromatic N) is 3. The van der Waals surface area contributed by atoms with Crippen molar-refractivity contribution in [3.8, 4) is 22.7 Å². The summed E-state index contributed by atoms with van der Waals surface area (Å²) in [5, 5.41) is 4.77. The summed E-state index contributed by atoms with van der Waals surface area (Å²) in [5.74, 6) is 0.731. The molecular formula is C25H32FN5O. The molecule has 1 aliphatic rings. The Morgan fingerprint density at radius 1 is 1.09 bits per heavy atom. The average molecular weight is 438 g/mol. The Labute approximate surface area is 189 Å². The SMILES string of the molecule is COc1ccc(-c2nn(-c3ccccc3)cc2CN(C)CCC2C(C)NNC2C)c(F)c1. The number of hydrazine groups is 1. The van der Waals surface area contributed by atoms with Crippen molar-refractivity contribution < 1.29 is 9.13 Å². The van der Waals surface area contributed by atoms with Crippen molar-refractivity contribution in [3.63, 3.8) is 0 Å². The van der Waals surface area contributed by atoms with E-state index in [0.717, 1.165) is 24.2 Å². The predicted molar refractivity (Wildman–Crippen MR) is 125 cm³/mol. The molecule has 4 rings (SSSR count). The number of aromatic nitrogens is 2. The minimum absolute atomic E-state index is 0.336. The second kappa shape index (κ2) is 9.81. The van der Waals surface area contributed by atoms with E-state index in [-0.39, 0.29) is 5.82 Å². The van der Waals surface area contributed by atoms with Crippen LogP contribution in [-0.2, 0) is 6.54 Å². The number of ether oxygens (including phenoxy) is 1. The Balaban J connectivity index is 1.59. The maximum atomic E-state index is 14.9. The molecule has 170 valence electrons. The number of para-hydroxylation sites is 1. The van der Waals surface area contributed by atoms with Gasteiger partial charge in [-0.25, -0.2) is 9.07 Å². The molecule has 1 aliphatic heterocycles. The second-order valence-corrected chi connectivity index (χ2v) is 8.69. The third-order valence-corrected chi connectivity index (χ3v) is 6.35. The van der Waals surface area contributed by atoms with Crippen molar-refractivity contribution in [2.75, 3.05) is 20.7 Å². The highest BCUT2D eigenvalue weighted by Crippen LogP contribution is 2.30. The normalized spacial score (nSPS) is 20.8. The van der Waals surface area contributed by atoms with Crippen LogP contribution in [0.4, 0.5) is 4.39 Å².